The number of aromatic amines is 1. The second kappa shape index (κ2) is 6.34. The summed E-state index contributed by atoms with van der Waals surface area (Å²) in [4.78, 5) is 12.8. The molecular weight excluding hydrogens is 334 g/mol. The van der Waals surface area contributed by atoms with Crippen LogP contribution in [0.1, 0.15) is 46.1 Å². The molecule has 5 nitrogen and oxygen atoms in total. The number of H-pyrrole nitrogens is 1. The molecular formula is C22H29N5. The third-order valence-corrected chi connectivity index (χ3v) is 5.40. The van der Waals surface area contributed by atoms with Crippen molar-refractivity contribution in [2.75, 3.05) is 5.32 Å². The smallest absolute Gasteiger partial charge is 0.223 e. The monoisotopic (exact) mass is 363 g/mol. The molecule has 3 N–H and O–H groups in total. The SMILES string of the molecule is Cc1c(-c2ccnc(NC3CC(C)(C)NC(C)(C)C3)n2)[nH]c2ccccc12. The van der Waals surface area contributed by atoms with Crippen LogP contribution in [0, 0.1) is 6.92 Å². The Morgan fingerprint density at radius 3 is 2.44 bits per heavy atom. The predicted molar refractivity (Wildman–Crippen MR) is 112 cm³/mol. The number of fused-ring (bicyclic) bond motifs is 1. The molecule has 1 aliphatic heterocycles. The van der Waals surface area contributed by atoms with Crippen LogP contribution in [-0.2, 0) is 0 Å². The molecule has 0 bridgehead atoms. The maximum Gasteiger partial charge on any atom is 0.223 e. The minimum Gasteiger partial charge on any atom is -0.353 e. The van der Waals surface area contributed by atoms with Crippen molar-refractivity contribution in [1.82, 2.24) is 20.3 Å². The van der Waals surface area contributed by atoms with Crippen LogP contribution in [0.2, 0.25) is 0 Å². The Hall–Kier alpha value is -2.40. The molecule has 0 radical (unpaired) electrons. The van der Waals surface area contributed by atoms with Crippen molar-refractivity contribution in [2.45, 2.75) is 64.6 Å². The number of anilines is 1. The van der Waals surface area contributed by atoms with Crippen molar-refractivity contribution >= 4 is 16.9 Å². The summed E-state index contributed by atoms with van der Waals surface area (Å²) < 4.78 is 0. The number of rotatable bonds is 3. The van der Waals surface area contributed by atoms with Crippen LogP contribution < -0.4 is 10.6 Å². The zero-order chi connectivity index (χ0) is 19.2. The Labute approximate surface area is 161 Å². The van der Waals surface area contributed by atoms with E-state index >= 15 is 0 Å². The average molecular weight is 364 g/mol. The van der Waals surface area contributed by atoms with Gasteiger partial charge in [-0.2, -0.15) is 0 Å². The number of nitrogens with one attached hydrogen (secondary N) is 3. The molecule has 2 aromatic heterocycles. The fourth-order valence-corrected chi connectivity index (χ4v) is 4.71. The van der Waals surface area contributed by atoms with Gasteiger partial charge in [-0.3, -0.25) is 0 Å². The van der Waals surface area contributed by atoms with Crippen molar-refractivity contribution in [3.05, 3.63) is 42.1 Å². The third-order valence-electron chi connectivity index (χ3n) is 5.40. The lowest BCUT2D eigenvalue weighted by atomic mass is 9.80. The number of hydrogen-bond acceptors (Lipinski definition) is 4. The molecule has 0 saturated carbocycles. The first-order valence-corrected chi connectivity index (χ1v) is 9.69. The topological polar surface area (TPSA) is 65.6 Å². The molecule has 1 fully saturated rings. The zero-order valence-corrected chi connectivity index (χ0v) is 16.9. The molecule has 4 rings (SSSR count). The normalized spacial score (nSPS) is 19.3. The van der Waals surface area contributed by atoms with Gasteiger partial charge >= 0.3 is 0 Å². The summed E-state index contributed by atoms with van der Waals surface area (Å²) in [5, 5.41) is 8.54. The van der Waals surface area contributed by atoms with Gasteiger partial charge in [0.25, 0.3) is 0 Å². The summed E-state index contributed by atoms with van der Waals surface area (Å²) in [6.07, 6.45) is 3.91. The zero-order valence-electron chi connectivity index (χ0n) is 16.9. The van der Waals surface area contributed by atoms with Crippen molar-refractivity contribution < 1.29 is 0 Å². The van der Waals surface area contributed by atoms with Gasteiger partial charge in [0.1, 0.15) is 0 Å². The lowest BCUT2D eigenvalue weighted by Crippen LogP contribution is -2.60. The van der Waals surface area contributed by atoms with E-state index in [1.807, 2.05) is 12.3 Å². The highest BCUT2D eigenvalue weighted by atomic mass is 15.2. The number of hydrogen-bond donors (Lipinski definition) is 3. The van der Waals surface area contributed by atoms with E-state index in [1.54, 1.807) is 0 Å². The molecule has 5 heteroatoms. The van der Waals surface area contributed by atoms with Gasteiger partial charge < -0.3 is 15.6 Å². The van der Waals surface area contributed by atoms with E-state index in [1.165, 1.54) is 10.9 Å². The van der Waals surface area contributed by atoms with Gasteiger partial charge in [-0.15, -0.1) is 0 Å². The Morgan fingerprint density at radius 2 is 1.74 bits per heavy atom. The van der Waals surface area contributed by atoms with Crippen LogP contribution in [0.25, 0.3) is 22.3 Å². The average Bonchev–Trinajstić information content (AvgIpc) is 2.89. The highest BCUT2D eigenvalue weighted by molar-refractivity contribution is 5.89. The number of aryl methyl sites for hydroxylation is 1. The first kappa shape index (κ1) is 18.0. The standard InChI is InChI=1S/C22H29N5/c1-14-16-8-6-7-9-17(16)25-19(14)18-10-11-23-20(26-18)24-15-12-21(2,3)27-22(4,5)13-15/h6-11,15,25,27H,12-13H2,1-5H3,(H,23,24,26). The van der Waals surface area contributed by atoms with E-state index in [-0.39, 0.29) is 11.1 Å². The van der Waals surface area contributed by atoms with E-state index in [9.17, 15) is 0 Å². The van der Waals surface area contributed by atoms with Gasteiger partial charge in [0.15, 0.2) is 0 Å². The first-order valence-electron chi connectivity index (χ1n) is 9.69. The molecule has 0 spiro atoms. The third kappa shape index (κ3) is 3.69. The first-order chi connectivity index (χ1) is 12.7. The van der Waals surface area contributed by atoms with E-state index in [0.29, 0.717) is 12.0 Å². The number of benzene rings is 1. The Balaban J connectivity index is 1.62. The lowest BCUT2D eigenvalue weighted by molar-refractivity contribution is 0.170. The maximum absolute atomic E-state index is 4.81. The molecule has 0 atom stereocenters. The fraction of sp³-hybridized carbons (Fsp3) is 0.455. The summed E-state index contributed by atoms with van der Waals surface area (Å²) in [7, 11) is 0. The van der Waals surface area contributed by atoms with Gasteiger partial charge in [-0.1, -0.05) is 18.2 Å². The molecule has 3 aromatic rings. The quantitative estimate of drug-likeness (QED) is 0.633. The summed E-state index contributed by atoms with van der Waals surface area (Å²) in [6, 6.07) is 10.7. The summed E-state index contributed by atoms with van der Waals surface area (Å²) in [5.74, 6) is 0.698. The van der Waals surface area contributed by atoms with Crippen molar-refractivity contribution in [3.8, 4) is 11.4 Å². The molecule has 3 heterocycles. The van der Waals surface area contributed by atoms with E-state index in [2.05, 4.69) is 79.5 Å². The summed E-state index contributed by atoms with van der Waals surface area (Å²) in [6.45, 7) is 11.2. The Kier molecular flexibility index (Phi) is 4.22. The van der Waals surface area contributed by atoms with E-state index in [0.717, 1.165) is 29.7 Å². The van der Waals surface area contributed by atoms with Gasteiger partial charge in [0.05, 0.1) is 11.4 Å². The Bertz CT molecular complexity index is 954. The molecule has 0 aliphatic carbocycles. The van der Waals surface area contributed by atoms with Gasteiger partial charge in [-0.05, 0) is 65.2 Å². The van der Waals surface area contributed by atoms with Crippen LogP contribution in [0.4, 0.5) is 5.95 Å². The van der Waals surface area contributed by atoms with Gasteiger partial charge in [0.2, 0.25) is 5.95 Å². The van der Waals surface area contributed by atoms with Crippen LogP contribution in [0.5, 0.6) is 0 Å². The van der Waals surface area contributed by atoms with Crippen molar-refractivity contribution in [2.24, 2.45) is 0 Å². The Morgan fingerprint density at radius 1 is 1.04 bits per heavy atom. The molecule has 142 valence electrons. The second-order valence-electron chi connectivity index (χ2n) is 9.08. The van der Waals surface area contributed by atoms with E-state index < -0.39 is 0 Å². The highest BCUT2D eigenvalue weighted by Gasteiger charge is 2.37. The number of piperidine rings is 1. The molecule has 1 aliphatic rings. The number of nitrogens with zero attached hydrogens (tertiary/aromatic N) is 2. The second-order valence-corrected chi connectivity index (χ2v) is 9.08. The summed E-state index contributed by atoms with van der Waals surface area (Å²) in [5.41, 5.74) is 4.52. The fourth-order valence-electron chi connectivity index (χ4n) is 4.71. The van der Waals surface area contributed by atoms with Crippen LogP contribution in [0.3, 0.4) is 0 Å². The van der Waals surface area contributed by atoms with E-state index in [4.69, 9.17) is 4.98 Å². The number of para-hydroxylation sites is 1. The molecule has 0 unspecified atom stereocenters. The largest absolute Gasteiger partial charge is 0.353 e. The molecule has 1 saturated heterocycles. The summed E-state index contributed by atoms with van der Waals surface area (Å²) >= 11 is 0. The van der Waals surface area contributed by atoms with Crippen LogP contribution in [-0.4, -0.2) is 32.1 Å². The lowest BCUT2D eigenvalue weighted by Gasteiger charge is -2.46. The van der Waals surface area contributed by atoms with Crippen LogP contribution >= 0.6 is 0 Å². The molecule has 0 amide bonds. The van der Waals surface area contributed by atoms with Gasteiger partial charge in [-0.25, -0.2) is 9.97 Å². The maximum atomic E-state index is 4.81. The highest BCUT2D eigenvalue weighted by Crippen LogP contribution is 2.31. The molecule has 27 heavy (non-hydrogen) atoms. The predicted octanol–water partition coefficient (Wildman–Crippen LogP) is 4.65. The van der Waals surface area contributed by atoms with Crippen LogP contribution in [0.15, 0.2) is 36.5 Å². The minimum atomic E-state index is 0.0881. The number of aromatic nitrogens is 3. The minimum absolute atomic E-state index is 0.0881. The van der Waals surface area contributed by atoms with Crippen molar-refractivity contribution in [1.29, 1.82) is 0 Å². The molecule has 1 aromatic carbocycles. The van der Waals surface area contributed by atoms with Crippen molar-refractivity contribution in [3.63, 3.8) is 0 Å². The van der Waals surface area contributed by atoms with Gasteiger partial charge in [0, 0.05) is 34.2 Å².